The van der Waals surface area contributed by atoms with E-state index in [1.807, 2.05) is 0 Å². The van der Waals surface area contributed by atoms with Gasteiger partial charge in [-0.2, -0.15) is 0 Å². The standard InChI is InChI=1S/C10H4Cl2N2O4/c11-8-2-1-5(14(16)17)3-6(8)9-7(4-15)10(12)18-13-9/h1-4H. The van der Waals surface area contributed by atoms with E-state index in [1.165, 1.54) is 18.2 Å². The first kappa shape index (κ1) is 12.5. The first-order valence-electron chi connectivity index (χ1n) is 4.59. The van der Waals surface area contributed by atoms with Gasteiger partial charge in [-0.25, -0.2) is 0 Å². The number of nitrogens with zero attached hydrogens (tertiary/aromatic N) is 2. The normalized spacial score (nSPS) is 10.3. The lowest BCUT2D eigenvalue weighted by Crippen LogP contribution is -1.91. The highest BCUT2D eigenvalue weighted by atomic mass is 35.5. The van der Waals surface area contributed by atoms with E-state index >= 15 is 0 Å². The molecule has 0 saturated heterocycles. The van der Waals surface area contributed by atoms with Gasteiger partial charge in [-0.1, -0.05) is 16.8 Å². The van der Waals surface area contributed by atoms with Crippen LogP contribution < -0.4 is 0 Å². The molecular weight excluding hydrogens is 283 g/mol. The van der Waals surface area contributed by atoms with Crippen LogP contribution in [0.4, 0.5) is 5.69 Å². The zero-order valence-corrected chi connectivity index (χ0v) is 10.1. The number of hydrogen-bond donors (Lipinski definition) is 0. The molecule has 0 aliphatic carbocycles. The molecule has 18 heavy (non-hydrogen) atoms. The number of carbonyl (C=O) groups excluding carboxylic acids is 1. The van der Waals surface area contributed by atoms with E-state index in [-0.39, 0.29) is 32.8 Å². The highest BCUT2D eigenvalue weighted by Crippen LogP contribution is 2.34. The monoisotopic (exact) mass is 286 g/mol. The average Bonchev–Trinajstić information content (AvgIpc) is 2.70. The number of hydrogen-bond acceptors (Lipinski definition) is 5. The van der Waals surface area contributed by atoms with Crippen molar-refractivity contribution >= 4 is 35.2 Å². The van der Waals surface area contributed by atoms with Gasteiger partial charge in [-0.05, 0) is 17.7 Å². The van der Waals surface area contributed by atoms with Gasteiger partial charge in [0.2, 0.25) is 5.22 Å². The minimum atomic E-state index is -0.581. The molecule has 2 rings (SSSR count). The van der Waals surface area contributed by atoms with E-state index < -0.39 is 4.92 Å². The molecule has 0 atom stereocenters. The van der Waals surface area contributed by atoms with Crippen molar-refractivity contribution in [1.82, 2.24) is 5.16 Å². The largest absolute Gasteiger partial charge is 0.343 e. The quantitative estimate of drug-likeness (QED) is 0.490. The summed E-state index contributed by atoms with van der Waals surface area (Å²) in [6, 6.07) is 3.78. The maximum absolute atomic E-state index is 10.9. The van der Waals surface area contributed by atoms with E-state index in [2.05, 4.69) is 9.68 Å². The van der Waals surface area contributed by atoms with Crippen molar-refractivity contribution in [3.8, 4) is 11.3 Å². The summed E-state index contributed by atoms with van der Waals surface area (Å²) in [6.07, 6.45) is 0.448. The summed E-state index contributed by atoms with van der Waals surface area (Å²) in [4.78, 5) is 20.9. The lowest BCUT2D eigenvalue weighted by molar-refractivity contribution is -0.384. The fraction of sp³-hybridized carbons (Fsp3) is 0. The maximum Gasteiger partial charge on any atom is 0.270 e. The lowest BCUT2D eigenvalue weighted by atomic mass is 10.1. The molecule has 0 N–H and O–H groups in total. The Kier molecular flexibility index (Phi) is 3.31. The van der Waals surface area contributed by atoms with Crippen LogP contribution in [0.1, 0.15) is 10.4 Å². The fourth-order valence-electron chi connectivity index (χ4n) is 1.38. The molecule has 92 valence electrons. The van der Waals surface area contributed by atoms with Crippen molar-refractivity contribution in [2.75, 3.05) is 0 Å². The maximum atomic E-state index is 10.9. The first-order valence-corrected chi connectivity index (χ1v) is 5.35. The Morgan fingerprint density at radius 1 is 1.39 bits per heavy atom. The van der Waals surface area contributed by atoms with E-state index in [0.717, 1.165) is 0 Å². The Morgan fingerprint density at radius 2 is 2.11 bits per heavy atom. The number of aromatic nitrogens is 1. The van der Waals surface area contributed by atoms with E-state index in [9.17, 15) is 14.9 Å². The van der Waals surface area contributed by atoms with E-state index in [0.29, 0.717) is 6.29 Å². The van der Waals surface area contributed by atoms with Crippen molar-refractivity contribution in [3.05, 3.63) is 44.1 Å². The molecule has 6 nitrogen and oxygen atoms in total. The van der Waals surface area contributed by atoms with Gasteiger partial charge in [0.15, 0.2) is 6.29 Å². The second-order valence-corrected chi connectivity index (χ2v) is 4.01. The zero-order valence-electron chi connectivity index (χ0n) is 8.59. The van der Waals surface area contributed by atoms with Gasteiger partial charge in [0.05, 0.1) is 9.95 Å². The second kappa shape index (κ2) is 4.75. The highest BCUT2D eigenvalue weighted by Gasteiger charge is 2.20. The summed E-state index contributed by atoms with van der Waals surface area (Å²) < 4.78 is 4.65. The Balaban J connectivity index is 2.66. The predicted molar refractivity (Wildman–Crippen MR) is 64.0 cm³/mol. The smallest absolute Gasteiger partial charge is 0.270 e. The SMILES string of the molecule is O=Cc1c(-c2cc([N+](=O)[O-])ccc2Cl)noc1Cl. The molecular formula is C10H4Cl2N2O4. The average molecular weight is 287 g/mol. The van der Waals surface area contributed by atoms with Crippen LogP contribution in [0.15, 0.2) is 22.7 Å². The lowest BCUT2D eigenvalue weighted by Gasteiger charge is -2.00. The first-order chi connectivity index (χ1) is 8.54. The molecule has 2 aromatic rings. The molecule has 1 aromatic carbocycles. The van der Waals surface area contributed by atoms with Crippen LogP contribution in [0.2, 0.25) is 10.2 Å². The van der Waals surface area contributed by atoms with Crippen LogP contribution in [-0.2, 0) is 0 Å². The Morgan fingerprint density at radius 3 is 2.72 bits per heavy atom. The molecule has 0 bridgehead atoms. The van der Waals surface area contributed by atoms with Gasteiger partial charge in [0, 0.05) is 17.7 Å². The van der Waals surface area contributed by atoms with Gasteiger partial charge < -0.3 is 4.52 Å². The van der Waals surface area contributed by atoms with Gasteiger partial charge in [-0.15, -0.1) is 0 Å². The molecule has 0 saturated carbocycles. The molecule has 0 aliphatic rings. The number of non-ortho nitro benzene ring substituents is 1. The molecule has 0 fully saturated rings. The van der Waals surface area contributed by atoms with Crippen molar-refractivity contribution in [2.24, 2.45) is 0 Å². The van der Waals surface area contributed by atoms with Crippen molar-refractivity contribution in [1.29, 1.82) is 0 Å². The van der Waals surface area contributed by atoms with Crippen LogP contribution in [0.5, 0.6) is 0 Å². The zero-order chi connectivity index (χ0) is 13.3. The van der Waals surface area contributed by atoms with Gasteiger partial charge in [0.1, 0.15) is 11.3 Å². The molecule has 0 radical (unpaired) electrons. The molecule has 1 heterocycles. The third-order valence-corrected chi connectivity index (χ3v) is 2.82. The molecule has 1 aromatic heterocycles. The van der Waals surface area contributed by atoms with Gasteiger partial charge >= 0.3 is 0 Å². The van der Waals surface area contributed by atoms with Crippen molar-refractivity contribution in [2.45, 2.75) is 0 Å². The van der Waals surface area contributed by atoms with Crippen molar-refractivity contribution in [3.63, 3.8) is 0 Å². The van der Waals surface area contributed by atoms with E-state index in [4.69, 9.17) is 23.2 Å². The third kappa shape index (κ3) is 2.07. The predicted octanol–water partition coefficient (Wildman–Crippen LogP) is 3.37. The number of benzene rings is 1. The number of nitro groups is 1. The summed E-state index contributed by atoms with van der Waals surface area (Å²) in [5, 5.41) is 14.3. The van der Waals surface area contributed by atoms with Crippen LogP contribution >= 0.6 is 23.2 Å². The molecule has 0 amide bonds. The minimum Gasteiger partial charge on any atom is -0.343 e. The Bertz CT molecular complexity index is 639. The van der Waals surface area contributed by atoms with Crippen LogP contribution in [-0.4, -0.2) is 16.4 Å². The van der Waals surface area contributed by atoms with Crippen molar-refractivity contribution < 1.29 is 14.2 Å². The number of halogens is 2. The van der Waals surface area contributed by atoms with Crippen LogP contribution in [0.25, 0.3) is 11.3 Å². The number of aldehydes is 1. The van der Waals surface area contributed by atoms with Crippen LogP contribution in [0.3, 0.4) is 0 Å². The summed E-state index contributed by atoms with van der Waals surface area (Å²) in [5.74, 6) is 0. The summed E-state index contributed by atoms with van der Waals surface area (Å²) >= 11 is 11.5. The number of carbonyl (C=O) groups is 1. The minimum absolute atomic E-state index is 0.000866. The number of rotatable bonds is 3. The molecule has 0 unspecified atom stereocenters. The fourth-order valence-corrected chi connectivity index (χ4v) is 1.76. The van der Waals surface area contributed by atoms with Gasteiger partial charge in [0.25, 0.3) is 5.69 Å². The molecule has 8 heteroatoms. The molecule has 0 aliphatic heterocycles. The summed E-state index contributed by atoms with van der Waals surface area (Å²) in [7, 11) is 0. The highest BCUT2D eigenvalue weighted by molar-refractivity contribution is 6.34. The summed E-state index contributed by atoms with van der Waals surface area (Å²) in [6.45, 7) is 0. The Labute approximate surface area is 110 Å². The second-order valence-electron chi connectivity index (χ2n) is 3.26. The third-order valence-electron chi connectivity index (χ3n) is 2.22. The van der Waals surface area contributed by atoms with Crippen LogP contribution in [0, 0.1) is 10.1 Å². The topological polar surface area (TPSA) is 86.2 Å². The van der Waals surface area contributed by atoms with Gasteiger partial charge in [-0.3, -0.25) is 14.9 Å². The van der Waals surface area contributed by atoms with E-state index in [1.54, 1.807) is 0 Å². The summed E-state index contributed by atoms with van der Waals surface area (Å²) in [5.41, 5.74) is 0.108. The molecule has 0 spiro atoms. The number of nitro benzene ring substituents is 1. The Hall–Kier alpha value is -1.92.